The smallest absolute Gasteiger partial charge is 0.437 e. The number of carbonyl (C=O) groups excluding carboxylic acids is 1. The van der Waals surface area contributed by atoms with Crippen LogP contribution in [0.4, 0.5) is 4.79 Å². The number of rotatable bonds is 4. The fraction of sp³-hybridized carbons (Fsp3) is 0.100. The third kappa shape index (κ3) is 5.49. The second-order valence-electron chi connectivity index (χ2n) is 1.96. The Morgan fingerprint density at radius 2 is 2.00 bits per heavy atom. The monoisotopic (exact) mass is 180 g/mol. The zero-order chi connectivity index (χ0) is 10.1. The number of hydrogen-bond acceptors (Lipinski definition) is 3. The first kappa shape index (κ1) is 11.2. The van der Waals surface area contributed by atoms with Gasteiger partial charge in [0, 0.05) is 0 Å². The van der Waals surface area contributed by atoms with Gasteiger partial charge in [0.2, 0.25) is 0 Å². The second-order valence-corrected chi connectivity index (χ2v) is 1.96. The molecule has 0 rings (SSSR count). The molecule has 0 heterocycles. The molecule has 13 heavy (non-hydrogen) atoms. The van der Waals surface area contributed by atoms with Gasteiger partial charge in [-0.1, -0.05) is 31.4 Å². The van der Waals surface area contributed by atoms with Crippen molar-refractivity contribution in [3.8, 4) is 0 Å². The van der Waals surface area contributed by atoms with E-state index in [1.54, 1.807) is 18.2 Å². The van der Waals surface area contributed by atoms with Crippen molar-refractivity contribution >= 4 is 6.16 Å². The number of carbonyl (C=O) groups is 1. The van der Waals surface area contributed by atoms with E-state index in [0.29, 0.717) is 5.76 Å². The van der Waals surface area contributed by atoms with Crippen molar-refractivity contribution in [1.82, 2.24) is 0 Å². The Hall–Kier alpha value is -1.77. The summed E-state index contributed by atoms with van der Waals surface area (Å²) in [6.45, 7) is 6.95. The molecule has 0 aliphatic heterocycles. The molecule has 3 nitrogen and oxygen atoms in total. The van der Waals surface area contributed by atoms with E-state index < -0.39 is 6.16 Å². The standard InChI is InChI=1S/C10H12O3/c1-4-6-8-9(7-5-2)13-10(11)12-3/h4-8H,1-2H2,3H3/b8-6-,9-7+. The maximum atomic E-state index is 10.7. The third-order valence-corrected chi connectivity index (χ3v) is 1.05. The molecular formula is C10H12O3. The van der Waals surface area contributed by atoms with Gasteiger partial charge in [-0.3, -0.25) is 0 Å². The van der Waals surface area contributed by atoms with Gasteiger partial charge in [0.25, 0.3) is 0 Å². The van der Waals surface area contributed by atoms with E-state index in [0.717, 1.165) is 0 Å². The van der Waals surface area contributed by atoms with Gasteiger partial charge in [-0.2, -0.15) is 0 Å². The lowest BCUT2D eigenvalue weighted by molar-refractivity contribution is 0.0999. The predicted octanol–water partition coefficient (Wildman–Crippen LogP) is 2.58. The van der Waals surface area contributed by atoms with Crippen molar-refractivity contribution < 1.29 is 14.3 Å². The van der Waals surface area contributed by atoms with Crippen molar-refractivity contribution in [3.05, 3.63) is 49.3 Å². The first-order valence-corrected chi connectivity index (χ1v) is 3.62. The highest BCUT2D eigenvalue weighted by Gasteiger charge is 2.01. The molecule has 0 saturated carbocycles. The zero-order valence-electron chi connectivity index (χ0n) is 7.53. The molecule has 0 spiro atoms. The molecule has 3 heteroatoms. The Kier molecular flexibility index (Phi) is 5.97. The van der Waals surface area contributed by atoms with Crippen molar-refractivity contribution in [3.63, 3.8) is 0 Å². The summed E-state index contributed by atoms with van der Waals surface area (Å²) in [5.74, 6) is 0.349. The lowest BCUT2D eigenvalue weighted by atomic mass is 10.4. The van der Waals surface area contributed by atoms with E-state index in [1.807, 2.05) is 0 Å². The van der Waals surface area contributed by atoms with Crippen LogP contribution in [0.3, 0.4) is 0 Å². The molecule has 0 unspecified atom stereocenters. The molecule has 0 radical (unpaired) electrons. The molecular weight excluding hydrogens is 168 g/mol. The molecule has 0 atom stereocenters. The lowest BCUT2D eigenvalue weighted by Gasteiger charge is -2.01. The molecule has 0 aromatic rings. The summed E-state index contributed by atoms with van der Waals surface area (Å²) in [6.07, 6.45) is 7.06. The first-order valence-electron chi connectivity index (χ1n) is 3.62. The van der Waals surface area contributed by atoms with E-state index in [9.17, 15) is 4.79 Å². The maximum Gasteiger partial charge on any atom is 0.513 e. The summed E-state index contributed by atoms with van der Waals surface area (Å²) in [4.78, 5) is 10.7. The number of allylic oxidation sites excluding steroid dienone is 5. The van der Waals surface area contributed by atoms with E-state index >= 15 is 0 Å². The minimum atomic E-state index is -0.762. The predicted molar refractivity (Wildman–Crippen MR) is 51.1 cm³/mol. The fourth-order valence-electron chi connectivity index (χ4n) is 0.541. The van der Waals surface area contributed by atoms with E-state index in [1.165, 1.54) is 19.3 Å². The average molecular weight is 180 g/mol. The van der Waals surface area contributed by atoms with Gasteiger partial charge in [-0.25, -0.2) is 4.79 Å². The van der Waals surface area contributed by atoms with Crippen molar-refractivity contribution in [2.75, 3.05) is 7.11 Å². The van der Waals surface area contributed by atoms with Crippen LogP contribution in [0.5, 0.6) is 0 Å². The molecule has 0 saturated heterocycles. The topological polar surface area (TPSA) is 35.5 Å². The van der Waals surface area contributed by atoms with Gasteiger partial charge in [0.05, 0.1) is 7.11 Å². The quantitative estimate of drug-likeness (QED) is 0.379. The summed E-state index contributed by atoms with van der Waals surface area (Å²) in [5, 5.41) is 0. The van der Waals surface area contributed by atoms with Gasteiger partial charge in [-0.05, 0) is 12.2 Å². The van der Waals surface area contributed by atoms with Crippen LogP contribution in [0.1, 0.15) is 0 Å². The van der Waals surface area contributed by atoms with Crippen LogP contribution < -0.4 is 0 Å². The molecule has 0 N–H and O–H groups in total. The molecule has 0 aromatic heterocycles. The molecule has 70 valence electrons. The zero-order valence-corrected chi connectivity index (χ0v) is 7.53. The van der Waals surface area contributed by atoms with Crippen LogP contribution in [-0.4, -0.2) is 13.3 Å². The second kappa shape index (κ2) is 6.91. The molecule has 0 aliphatic rings. The van der Waals surface area contributed by atoms with Crippen LogP contribution in [0.2, 0.25) is 0 Å². The van der Waals surface area contributed by atoms with E-state index in [4.69, 9.17) is 4.74 Å². The minimum Gasteiger partial charge on any atom is -0.437 e. The van der Waals surface area contributed by atoms with Crippen molar-refractivity contribution in [2.45, 2.75) is 0 Å². The van der Waals surface area contributed by atoms with Crippen molar-refractivity contribution in [1.29, 1.82) is 0 Å². The largest absolute Gasteiger partial charge is 0.513 e. The average Bonchev–Trinajstić information content (AvgIpc) is 2.14. The Bertz CT molecular complexity index is 249. The van der Waals surface area contributed by atoms with Gasteiger partial charge in [0.1, 0.15) is 5.76 Å². The van der Waals surface area contributed by atoms with Crippen LogP contribution in [0, 0.1) is 0 Å². The summed E-state index contributed by atoms with van der Waals surface area (Å²) in [5.41, 5.74) is 0. The Morgan fingerprint density at radius 3 is 2.46 bits per heavy atom. The number of ether oxygens (including phenoxy) is 2. The highest BCUT2D eigenvalue weighted by molar-refractivity contribution is 5.61. The summed E-state index contributed by atoms with van der Waals surface area (Å²) >= 11 is 0. The Morgan fingerprint density at radius 1 is 1.31 bits per heavy atom. The van der Waals surface area contributed by atoms with E-state index in [2.05, 4.69) is 17.9 Å². The molecule has 0 bridgehead atoms. The van der Waals surface area contributed by atoms with Crippen molar-refractivity contribution in [2.24, 2.45) is 0 Å². The number of hydrogen-bond donors (Lipinski definition) is 0. The first-order chi connectivity index (χ1) is 6.24. The van der Waals surface area contributed by atoms with Gasteiger partial charge in [-0.15, -0.1) is 0 Å². The summed E-state index contributed by atoms with van der Waals surface area (Å²) in [7, 11) is 1.24. The van der Waals surface area contributed by atoms with Crippen LogP contribution >= 0.6 is 0 Å². The highest BCUT2D eigenvalue weighted by Crippen LogP contribution is 2.01. The SMILES string of the molecule is C=C/C=C\C(=C/C=C)OC(=O)OC. The van der Waals surface area contributed by atoms with Gasteiger partial charge < -0.3 is 9.47 Å². The Labute approximate surface area is 77.7 Å². The Balaban J connectivity index is 4.34. The minimum absolute atomic E-state index is 0.349. The van der Waals surface area contributed by atoms with Crippen LogP contribution in [0.15, 0.2) is 49.3 Å². The van der Waals surface area contributed by atoms with Crippen LogP contribution in [-0.2, 0) is 9.47 Å². The van der Waals surface area contributed by atoms with E-state index in [-0.39, 0.29) is 0 Å². The third-order valence-electron chi connectivity index (χ3n) is 1.05. The molecule has 0 amide bonds. The lowest BCUT2D eigenvalue weighted by Crippen LogP contribution is -2.02. The molecule has 0 aromatic carbocycles. The number of methoxy groups -OCH3 is 1. The highest BCUT2D eigenvalue weighted by atomic mass is 16.7. The fourth-order valence-corrected chi connectivity index (χ4v) is 0.541. The summed E-state index contributed by atoms with van der Waals surface area (Å²) in [6, 6.07) is 0. The summed E-state index contributed by atoms with van der Waals surface area (Å²) < 4.78 is 9.05. The maximum absolute atomic E-state index is 10.7. The molecule has 0 fully saturated rings. The van der Waals surface area contributed by atoms with Gasteiger partial charge in [0.15, 0.2) is 0 Å². The van der Waals surface area contributed by atoms with Gasteiger partial charge >= 0.3 is 6.16 Å². The van der Waals surface area contributed by atoms with Crippen LogP contribution in [0.25, 0.3) is 0 Å². The molecule has 0 aliphatic carbocycles. The normalized spacial score (nSPS) is 11.0.